The van der Waals surface area contributed by atoms with Crippen molar-refractivity contribution in [3.8, 4) is 0 Å². The number of amides is 1. The van der Waals surface area contributed by atoms with Gasteiger partial charge in [0.25, 0.3) is 5.91 Å². The summed E-state index contributed by atoms with van der Waals surface area (Å²) in [6, 6.07) is 9.49. The summed E-state index contributed by atoms with van der Waals surface area (Å²) in [5, 5.41) is 0. The van der Waals surface area contributed by atoms with E-state index in [2.05, 4.69) is 38.0 Å². The predicted octanol–water partition coefficient (Wildman–Crippen LogP) is 2.33. The lowest BCUT2D eigenvalue weighted by Gasteiger charge is -2.33. The highest BCUT2D eigenvalue weighted by Gasteiger charge is 2.27. The van der Waals surface area contributed by atoms with Crippen LogP contribution in [0.25, 0.3) is 0 Å². The van der Waals surface area contributed by atoms with E-state index in [4.69, 9.17) is 5.84 Å². The molecule has 0 radical (unpaired) electrons. The summed E-state index contributed by atoms with van der Waals surface area (Å²) < 4.78 is 0. The Morgan fingerprint density at radius 3 is 2.00 bits per heavy atom. The first-order valence-corrected chi connectivity index (χ1v) is 7.25. The van der Waals surface area contributed by atoms with Crippen molar-refractivity contribution in [2.75, 3.05) is 13.1 Å². The second-order valence-corrected chi connectivity index (χ2v) is 6.06. The number of nitrogens with zero attached hydrogens (tertiary/aromatic N) is 1. The summed E-state index contributed by atoms with van der Waals surface area (Å²) >= 11 is 0. The summed E-state index contributed by atoms with van der Waals surface area (Å²) in [6.45, 7) is 10.4. The van der Waals surface area contributed by atoms with Gasteiger partial charge in [-0.25, -0.2) is 5.84 Å². The average molecular weight is 277 g/mol. The molecule has 0 saturated heterocycles. The number of rotatable bonds is 7. The topological polar surface area (TPSA) is 58.4 Å². The van der Waals surface area contributed by atoms with Crippen LogP contribution in [0.3, 0.4) is 0 Å². The fourth-order valence-corrected chi connectivity index (χ4v) is 2.47. The molecule has 0 fully saturated rings. The number of benzene rings is 1. The van der Waals surface area contributed by atoms with Crippen LogP contribution in [0.2, 0.25) is 0 Å². The van der Waals surface area contributed by atoms with Crippen molar-refractivity contribution >= 4 is 5.91 Å². The van der Waals surface area contributed by atoms with Crippen molar-refractivity contribution in [2.24, 2.45) is 17.7 Å². The maximum Gasteiger partial charge on any atom is 0.255 e. The minimum atomic E-state index is -0.328. The van der Waals surface area contributed by atoms with Gasteiger partial charge in [-0.05, 0) is 17.4 Å². The molecule has 1 aromatic carbocycles. The van der Waals surface area contributed by atoms with Gasteiger partial charge in [0, 0.05) is 13.1 Å². The average Bonchev–Trinajstić information content (AvgIpc) is 2.38. The minimum absolute atomic E-state index is 0.155. The SMILES string of the molecule is CC(C)CN(CC(C)C)C(C(=O)NN)c1ccccc1. The van der Waals surface area contributed by atoms with Gasteiger partial charge in [-0.1, -0.05) is 58.0 Å². The van der Waals surface area contributed by atoms with Crippen molar-refractivity contribution in [1.82, 2.24) is 10.3 Å². The number of nitrogens with two attached hydrogens (primary N) is 1. The molecule has 20 heavy (non-hydrogen) atoms. The lowest BCUT2D eigenvalue weighted by molar-refractivity contribution is -0.127. The van der Waals surface area contributed by atoms with Crippen molar-refractivity contribution in [2.45, 2.75) is 33.7 Å². The molecule has 1 aromatic rings. The van der Waals surface area contributed by atoms with Gasteiger partial charge in [0.15, 0.2) is 0 Å². The minimum Gasteiger partial charge on any atom is -0.293 e. The Morgan fingerprint density at radius 1 is 1.10 bits per heavy atom. The molecule has 0 spiro atoms. The highest BCUT2D eigenvalue weighted by Crippen LogP contribution is 2.23. The van der Waals surface area contributed by atoms with Crippen molar-refractivity contribution in [3.05, 3.63) is 35.9 Å². The molecule has 4 heteroatoms. The third-order valence-electron chi connectivity index (χ3n) is 3.07. The third kappa shape index (κ3) is 4.94. The van der Waals surface area contributed by atoms with Gasteiger partial charge in [-0.15, -0.1) is 0 Å². The van der Waals surface area contributed by atoms with E-state index in [1.54, 1.807) is 0 Å². The van der Waals surface area contributed by atoms with E-state index in [0.29, 0.717) is 11.8 Å². The number of carbonyl (C=O) groups is 1. The number of nitrogens with one attached hydrogen (secondary N) is 1. The van der Waals surface area contributed by atoms with Gasteiger partial charge in [0.1, 0.15) is 6.04 Å². The van der Waals surface area contributed by atoms with Crippen LogP contribution in [-0.2, 0) is 4.79 Å². The molecule has 112 valence electrons. The Kier molecular flexibility index (Phi) is 6.68. The van der Waals surface area contributed by atoms with Crippen LogP contribution in [0.5, 0.6) is 0 Å². The van der Waals surface area contributed by atoms with E-state index in [0.717, 1.165) is 18.7 Å². The van der Waals surface area contributed by atoms with Crippen LogP contribution in [0.4, 0.5) is 0 Å². The van der Waals surface area contributed by atoms with Crippen molar-refractivity contribution < 1.29 is 4.79 Å². The standard InChI is InChI=1S/C16H27N3O/c1-12(2)10-19(11-13(3)4)15(16(20)18-17)14-8-6-5-7-9-14/h5-9,12-13,15H,10-11,17H2,1-4H3,(H,18,20). The van der Waals surface area contributed by atoms with Crippen LogP contribution in [0.1, 0.15) is 39.3 Å². The third-order valence-corrected chi connectivity index (χ3v) is 3.07. The molecule has 0 aromatic heterocycles. The van der Waals surface area contributed by atoms with E-state index in [9.17, 15) is 4.79 Å². The maximum atomic E-state index is 12.2. The summed E-state index contributed by atoms with van der Waals surface area (Å²) in [6.07, 6.45) is 0. The van der Waals surface area contributed by atoms with Crippen LogP contribution in [0, 0.1) is 11.8 Å². The molecule has 1 unspecified atom stereocenters. The lowest BCUT2D eigenvalue weighted by Crippen LogP contribution is -2.45. The van der Waals surface area contributed by atoms with Crippen LogP contribution < -0.4 is 11.3 Å². The number of hydrogen-bond donors (Lipinski definition) is 2. The van der Waals surface area contributed by atoms with E-state index in [1.807, 2.05) is 30.3 Å². The number of hydrazine groups is 1. The molecular weight excluding hydrogens is 250 g/mol. The molecule has 1 amide bonds. The van der Waals surface area contributed by atoms with Crippen LogP contribution in [-0.4, -0.2) is 23.9 Å². The molecule has 1 atom stereocenters. The first kappa shape index (κ1) is 16.7. The van der Waals surface area contributed by atoms with E-state index >= 15 is 0 Å². The zero-order valence-electron chi connectivity index (χ0n) is 13.0. The molecule has 0 bridgehead atoms. The second kappa shape index (κ2) is 8.02. The Morgan fingerprint density at radius 2 is 1.60 bits per heavy atom. The Hall–Kier alpha value is -1.39. The smallest absolute Gasteiger partial charge is 0.255 e. The Labute approximate surface area is 122 Å². The van der Waals surface area contributed by atoms with Crippen LogP contribution >= 0.6 is 0 Å². The summed E-state index contributed by atoms with van der Waals surface area (Å²) in [5.74, 6) is 6.21. The van der Waals surface area contributed by atoms with Gasteiger partial charge in [0.2, 0.25) is 0 Å². The summed E-state index contributed by atoms with van der Waals surface area (Å²) in [4.78, 5) is 14.5. The fraction of sp³-hybridized carbons (Fsp3) is 0.562. The quantitative estimate of drug-likeness (QED) is 0.457. The summed E-state index contributed by atoms with van der Waals surface area (Å²) in [5.41, 5.74) is 3.29. The first-order chi connectivity index (χ1) is 9.45. The molecule has 0 saturated carbocycles. The van der Waals surface area contributed by atoms with Gasteiger partial charge < -0.3 is 0 Å². The van der Waals surface area contributed by atoms with Gasteiger partial charge >= 0.3 is 0 Å². The molecular formula is C16H27N3O. The summed E-state index contributed by atoms with van der Waals surface area (Å²) in [7, 11) is 0. The molecule has 3 N–H and O–H groups in total. The van der Waals surface area contributed by atoms with Crippen molar-refractivity contribution in [3.63, 3.8) is 0 Å². The molecule has 0 heterocycles. The van der Waals surface area contributed by atoms with Gasteiger partial charge in [-0.3, -0.25) is 15.1 Å². The molecule has 1 rings (SSSR count). The zero-order chi connectivity index (χ0) is 15.1. The van der Waals surface area contributed by atoms with E-state index in [1.165, 1.54) is 0 Å². The predicted molar refractivity (Wildman–Crippen MR) is 82.8 cm³/mol. The molecule has 0 aliphatic rings. The van der Waals surface area contributed by atoms with Gasteiger partial charge in [-0.2, -0.15) is 0 Å². The normalized spacial score (nSPS) is 13.0. The molecule has 4 nitrogen and oxygen atoms in total. The highest BCUT2D eigenvalue weighted by molar-refractivity contribution is 5.82. The Balaban J connectivity index is 3.07. The fourth-order valence-electron chi connectivity index (χ4n) is 2.47. The Bertz CT molecular complexity index is 393. The zero-order valence-corrected chi connectivity index (χ0v) is 13.0. The van der Waals surface area contributed by atoms with E-state index in [-0.39, 0.29) is 11.9 Å². The number of carbonyl (C=O) groups excluding carboxylic acids is 1. The van der Waals surface area contributed by atoms with E-state index < -0.39 is 0 Å². The van der Waals surface area contributed by atoms with Gasteiger partial charge in [0.05, 0.1) is 0 Å². The molecule has 0 aliphatic heterocycles. The first-order valence-electron chi connectivity index (χ1n) is 7.25. The maximum absolute atomic E-state index is 12.2. The second-order valence-electron chi connectivity index (χ2n) is 6.06. The largest absolute Gasteiger partial charge is 0.293 e. The lowest BCUT2D eigenvalue weighted by atomic mass is 10.0. The highest BCUT2D eigenvalue weighted by atomic mass is 16.2. The number of hydrogen-bond acceptors (Lipinski definition) is 3. The monoisotopic (exact) mass is 277 g/mol. The molecule has 0 aliphatic carbocycles. The van der Waals surface area contributed by atoms with Crippen LogP contribution in [0.15, 0.2) is 30.3 Å². The van der Waals surface area contributed by atoms with Crippen molar-refractivity contribution in [1.29, 1.82) is 0 Å².